The van der Waals surface area contributed by atoms with E-state index in [1.165, 1.54) is 17.3 Å². The minimum Gasteiger partial charge on any atom is -0.507 e. The highest BCUT2D eigenvalue weighted by Gasteiger charge is 2.46. The van der Waals surface area contributed by atoms with Crippen molar-refractivity contribution in [1.82, 2.24) is 14.9 Å². The number of aliphatic hydroxyl groups is 1. The molecule has 7 heteroatoms. The molecule has 0 bridgehead atoms. The lowest BCUT2D eigenvalue weighted by Gasteiger charge is -2.25. The van der Waals surface area contributed by atoms with Crippen LogP contribution >= 0.6 is 11.6 Å². The molecule has 6 nitrogen and oxygen atoms in total. The molecule has 4 rings (SSSR count). The van der Waals surface area contributed by atoms with E-state index in [-0.39, 0.29) is 17.9 Å². The molecule has 1 unspecified atom stereocenters. The Hall–Kier alpha value is -3.51. The van der Waals surface area contributed by atoms with E-state index >= 15 is 0 Å². The molecule has 1 atom stereocenters. The molecule has 1 amide bonds. The quantitative estimate of drug-likeness (QED) is 0.406. The third-order valence-electron chi connectivity index (χ3n) is 4.76. The normalized spacial score (nSPS) is 18.2. The van der Waals surface area contributed by atoms with Crippen molar-refractivity contribution >= 4 is 29.1 Å². The first-order valence-corrected chi connectivity index (χ1v) is 9.27. The maximum Gasteiger partial charge on any atom is 0.295 e. The lowest BCUT2D eigenvalue weighted by Crippen LogP contribution is -2.29. The number of aliphatic hydroxyl groups excluding tert-OH is 1. The van der Waals surface area contributed by atoms with Gasteiger partial charge in [0.1, 0.15) is 5.76 Å². The minimum absolute atomic E-state index is 0.0346. The molecule has 0 aliphatic carbocycles. The van der Waals surface area contributed by atoms with Gasteiger partial charge in [-0.3, -0.25) is 19.6 Å². The number of hydrogen-bond donors (Lipinski definition) is 1. The number of ketones is 1. The van der Waals surface area contributed by atoms with Crippen LogP contribution in [0.1, 0.15) is 22.7 Å². The van der Waals surface area contributed by atoms with E-state index in [0.717, 1.165) is 5.56 Å². The molecule has 144 valence electrons. The van der Waals surface area contributed by atoms with Gasteiger partial charge in [0.05, 0.1) is 11.6 Å². The second-order valence-corrected chi connectivity index (χ2v) is 7.01. The van der Waals surface area contributed by atoms with Crippen LogP contribution < -0.4 is 0 Å². The SMILES string of the molecule is O=C1C(=O)N(Cc2cccnc2)C(c2ccc(Cl)cc2)/C1=C(\O)c1ccncc1. The van der Waals surface area contributed by atoms with Gasteiger partial charge in [-0.15, -0.1) is 0 Å². The lowest BCUT2D eigenvalue weighted by molar-refractivity contribution is -0.140. The summed E-state index contributed by atoms with van der Waals surface area (Å²) < 4.78 is 0. The number of Topliss-reactive ketones (excluding diaryl/α,β-unsaturated/α-hetero) is 1. The summed E-state index contributed by atoms with van der Waals surface area (Å²) in [4.78, 5) is 35.2. The van der Waals surface area contributed by atoms with Gasteiger partial charge < -0.3 is 10.0 Å². The number of hydrogen-bond acceptors (Lipinski definition) is 5. The van der Waals surface area contributed by atoms with Gasteiger partial charge in [0.25, 0.3) is 11.7 Å². The van der Waals surface area contributed by atoms with Crippen LogP contribution in [-0.4, -0.2) is 31.7 Å². The van der Waals surface area contributed by atoms with E-state index in [4.69, 9.17) is 11.6 Å². The van der Waals surface area contributed by atoms with Gasteiger partial charge in [-0.2, -0.15) is 0 Å². The van der Waals surface area contributed by atoms with Gasteiger partial charge in [0, 0.05) is 41.9 Å². The van der Waals surface area contributed by atoms with E-state index in [9.17, 15) is 14.7 Å². The van der Waals surface area contributed by atoms with Crippen LogP contribution in [0.3, 0.4) is 0 Å². The molecule has 1 fully saturated rings. The molecule has 1 N–H and O–H groups in total. The Morgan fingerprint density at radius 3 is 2.38 bits per heavy atom. The summed E-state index contributed by atoms with van der Waals surface area (Å²) in [5.74, 6) is -1.65. The van der Waals surface area contributed by atoms with Crippen LogP contribution in [0, 0.1) is 0 Å². The van der Waals surface area contributed by atoms with Crippen LogP contribution in [0.25, 0.3) is 5.76 Å². The number of likely N-dealkylation sites (tertiary alicyclic amines) is 1. The summed E-state index contributed by atoms with van der Waals surface area (Å²) in [5.41, 5.74) is 1.90. The molecular weight excluding hydrogens is 390 g/mol. The highest BCUT2D eigenvalue weighted by Crippen LogP contribution is 2.40. The number of benzene rings is 1. The molecule has 0 spiro atoms. The standard InChI is InChI=1S/C22H16ClN3O3/c23-17-5-3-15(4-6-17)19-18(20(27)16-7-10-24-11-8-16)21(28)22(29)26(19)13-14-2-1-9-25-12-14/h1-12,19,27H,13H2/b20-18+. The second-order valence-electron chi connectivity index (χ2n) is 6.58. The van der Waals surface area contributed by atoms with Crippen molar-refractivity contribution in [2.45, 2.75) is 12.6 Å². The first-order chi connectivity index (χ1) is 14.1. The average Bonchev–Trinajstić information content (AvgIpc) is 3.00. The van der Waals surface area contributed by atoms with Crippen molar-refractivity contribution in [2.75, 3.05) is 0 Å². The van der Waals surface area contributed by atoms with Crippen molar-refractivity contribution in [3.05, 3.63) is 101 Å². The van der Waals surface area contributed by atoms with Crippen molar-refractivity contribution < 1.29 is 14.7 Å². The molecule has 0 saturated carbocycles. The first kappa shape index (κ1) is 18.8. The number of halogens is 1. The highest BCUT2D eigenvalue weighted by molar-refractivity contribution is 6.46. The predicted molar refractivity (Wildman–Crippen MR) is 108 cm³/mol. The summed E-state index contributed by atoms with van der Waals surface area (Å²) in [5, 5.41) is 11.4. The topological polar surface area (TPSA) is 83.4 Å². The third-order valence-corrected chi connectivity index (χ3v) is 5.01. The third kappa shape index (κ3) is 3.62. The monoisotopic (exact) mass is 405 g/mol. The summed E-state index contributed by atoms with van der Waals surface area (Å²) in [6.45, 7) is 0.179. The Morgan fingerprint density at radius 1 is 1.00 bits per heavy atom. The van der Waals surface area contributed by atoms with E-state index in [1.54, 1.807) is 54.9 Å². The number of nitrogens with zero attached hydrogens (tertiary/aromatic N) is 3. The maximum atomic E-state index is 12.9. The number of aromatic nitrogens is 2. The number of carbonyl (C=O) groups excluding carboxylic acids is 2. The van der Waals surface area contributed by atoms with E-state index in [0.29, 0.717) is 16.1 Å². The zero-order valence-corrected chi connectivity index (χ0v) is 16.0. The van der Waals surface area contributed by atoms with Crippen molar-refractivity contribution in [3.63, 3.8) is 0 Å². The Balaban J connectivity index is 1.86. The molecule has 29 heavy (non-hydrogen) atoms. The summed E-state index contributed by atoms with van der Waals surface area (Å²) in [7, 11) is 0. The zero-order valence-electron chi connectivity index (χ0n) is 15.2. The van der Waals surface area contributed by atoms with E-state index in [2.05, 4.69) is 9.97 Å². The predicted octanol–water partition coefficient (Wildman–Crippen LogP) is 3.75. The lowest BCUT2D eigenvalue weighted by atomic mass is 9.95. The van der Waals surface area contributed by atoms with Crippen LogP contribution in [-0.2, 0) is 16.1 Å². The smallest absolute Gasteiger partial charge is 0.295 e. The minimum atomic E-state index is -0.749. The molecule has 1 aliphatic rings. The van der Waals surface area contributed by atoms with Crippen molar-refractivity contribution in [2.24, 2.45) is 0 Å². The van der Waals surface area contributed by atoms with Gasteiger partial charge in [-0.05, 0) is 41.5 Å². The Bertz CT molecular complexity index is 1080. The number of carbonyl (C=O) groups is 2. The number of pyridine rings is 2. The molecule has 3 aromatic rings. The molecule has 1 aromatic carbocycles. The molecule has 1 saturated heterocycles. The number of amides is 1. The Morgan fingerprint density at radius 2 is 1.72 bits per heavy atom. The highest BCUT2D eigenvalue weighted by atomic mass is 35.5. The van der Waals surface area contributed by atoms with Crippen LogP contribution in [0.5, 0.6) is 0 Å². The van der Waals surface area contributed by atoms with E-state index in [1.807, 2.05) is 6.07 Å². The average molecular weight is 406 g/mol. The van der Waals surface area contributed by atoms with Gasteiger partial charge in [0.15, 0.2) is 0 Å². The fourth-order valence-electron chi connectivity index (χ4n) is 3.39. The molecule has 0 radical (unpaired) electrons. The van der Waals surface area contributed by atoms with Crippen molar-refractivity contribution in [3.8, 4) is 0 Å². The van der Waals surface area contributed by atoms with Gasteiger partial charge in [0.2, 0.25) is 0 Å². The summed E-state index contributed by atoms with van der Waals surface area (Å²) in [6, 6.07) is 12.9. The van der Waals surface area contributed by atoms with E-state index < -0.39 is 17.7 Å². The molecular formula is C22H16ClN3O3. The Kier molecular flexibility index (Phi) is 5.10. The largest absolute Gasteiger partial charge is 0.507 e. The van der Waals surface area contributed by atoms with Crippen molar-refractivity contribution in [1.29, 1.82) is 0 Å². The van der Waals surface area contributed by atoms with Gasteiger partial charge in [-0.1, -0.05) is 29.8 Å². The van der Waals surface area contributed by atoms with Gasteiger partial charge in [-0.25, -0.2) is 0 Å². The summed E-state index contributed by atoms with van der Waals surface area (Å²) in [6.07, 6.45) is 6.30. The van der Waals surface area contributed by atoms with Gasteiger partial charge >= 0.3 is 0 Å². The first-order valence-electron chi connectivity index (χ1n) is 8.89. The fourth-order valence-corrected chi connectivity index (χ4v) is 3.51. The number of rotatable bonds is 4. The zero-order chi connectivity index (χ0) is 20.4. The molecule has 3 heterocycles. The van der Waals surface area contributed by atoms with Crippen LogP contribution in [0.2, 0.25) is 5.02 Å². The maximum absolute atomic E-state index is 12.9. The summed E-state index contributed by atoms with van der Waals surface area (Å²) >= 11 is 6.01. The molecule has 2 aromatic heterocycles. The second kappa shape index (κ2) is 7.85. The fraction of sp³-hybridized carbons (Fsp3) is 0.0909. The van der Waals surface area contributed by atoms with Crippen LogP contribution in [0.15, 0.2) is 78.9 Å². The van der Waals surface area contributed by atoms with Crippen LogP contribution in [0.4, 0.5) is 0 Å². The molecule has 1 aliphatic heterocycles. The Labute approximate surface area is 172 Å².